The van der Waals surface area contributed by atoms with Crippen molar-refractivity contribution < 1.29 is 32.2 Å². The first kappa shape index (κ1) is 25.0. The second kappa shape index (κ2) is 9.85. The summed E-state index contributed by atoms with van der Waals surface area (Å²) in [6, 6.07) is 16.0. The van der Waals surface area contributed by atoms with E-state index in [0.29, 0.717) is 12.0 Å². The van der Waals surface area contributed by atoms with Gasteiger partial charge in [0.15, 0.2) is 0 Å². The largest absolute Gasteiger partial charge is 0.461 e. The molecule has 2 heterocycles. The highest BCUT2D eigenvalue weighted by Crippen LogP contribution is 2.47. The standard InChI is InChI=1S/C27H28F3NO4/c1-18(32)35-17-21-15-23(19-9-5-3-6-10-19)20-13-14-24(21)31(16-20)25(33)26(34-2,27(28,29)30)22-11-7-4-8-12-22/h3-12,15,20,23-24H,13-14,16-17H2,1-2H3/t20?,23-,24?,26?/m0/s1. The van der Waals surface area contributed by atoms with Crippen molar-refractivity contribution in [2.24, 2.45) is 5.92 Å². The van der Waals surface area contributed by atoms with Gasteiger partial charge in [-0.1, -0.05) is 66.7 Å². The van der Waals surface area contributed by atoms with Crippen LogP contribution in [0.4, 0.5) is 13.2 Å². The zero-order valence-electron chi connectivity index (χ0n) is 19.6. The van der Waals surface area contributed by atoms with Crippen molar-refractivity contribution in [2.45, 2.75) is 43.5 Å². The second-order valence-corrected chi connectivity index (χ2v) is 9.02. The summed E-state index contributed by atoms with van der Waals surface area (Å²) in [5.74, 6) is -1.87. The number of rotatable bonds is 6. The third-order valence-corrected chi connectivity index (χ3v) is 7.02. The van der Waals surface area contributed by atoms with Gasteiger partial charge in [0.05, 0.1) is 6.04 Å². The van der Waals surface area contributed by atoms with Crippen molar-refractivity contribution in [3.63, 3.8) is 0 Å². The Morgan fingerprint density at radius 3 is 2.20 bits per heavy atom. The Labute approximate surface area is 202 Å². The summed E-state index contributed by atoms with van der Waals surface area (Å²) >= 11 is 0. The van der Waals surface area contributed by atoms with Gasteiger partial charge in [-0.2, -0.15) is 13.2 Å². The van der Waals surface area contributed by atoms with E-state index in [-0.39, 0.29) is 30.6 Å². The number of amides is 1. The first-order valence-corrected chi connectivity index (χ1v) is 11.6. The number of fused-ring (bicyclic) bond motifs is 3. The summed E-state index contributed by atoms with van der Waals surface area (Å²) in [6.45, 7) is 1.33. The van der Waals surface area contributed by atoms with Crippen LogP contribution in [0, 0.1) is 5.92 Å². The monoisotopic (exact) mass is 487 g/mol. The lowest BCUT2D eigenvalue weighted by molar-refractivity contribution is -0.271. The molecule has 35 heavy (non-hydrogen) atoms. The number of methoxy groups -OCH3 is 1. The van der Waals surface area contributed by atoms with Crippen molar-refractivity contribution in [2.75, 3.05) is 20.3 Å². The highest BCUT2D eigenvalue weighted by atomic mass is 19.4. The van der Waals surface area contributed by atoms with Crippen LogP contribution in [0.1, 0.15) is 36.8 Å². The van der Waals surface area contributed by atoms with Crippen molar-refractivity contribution in [1.29, 1.82) is 0 Å². The van der Waals surface area contributed by atoms with E-state index >= 15 is 0 Å². The molecule has 186 valence electrons. The summed E-state index contributed by atoms with van der Waals surface area (Å²) in [4.78, 5) is 26.8. The fraction of sp³-hybridized carbons (Fsp3) is 0.407. The Balaban J connectivity index is 1.79. The normalized spacial score (nSPS) is 23.7. The molecule has 2 aromatic carbocycles. The lowest BCUT2D eigenvalue weighted by atomic mass is 9.81. The molecule has 4 atom stereocenters. The molecule has 1 fully saturated rings. The van der Waals surface area contributed by atoms with Gasteiger partial charge in [-0.15, -0.1) is 0 Å². The molecule has 1 aliphatic carbocycles. The Hall–Kier alpha value is -3.13. The smallest absolute Gasteiger partial charge is 0.430 e. The number of allylic oxidation sites excluding steroid dienone is 1. The van der Waals surface area contributed by atoms with Crippen LogP contribution >= 0.6 is 0 Å². The van der Waals surface area contributed by atoms with Crippen LogP contribution in [0.5, 0.6) is 0 Å². The lowest BCUT2D eigenvalue weighted by Gasteiger charge is -2.44. The van der Waals surface area contributed by atoms with Crippen molar-refractivity contribution >= 4 is 11.9 Å². The van der Waals surface area contributed by atoms with Crippen LogP contribution in [0.2, 0.25) is 0 Å². The van der Waals surface area contributed by atoms with Gasteiger partial charge in [0, 0.05) is 32.1 Å². The fourth-order valence-electron chi connectivity index (χ4n) is 5.36. The van der Waals surface area contributed by atoms with Crippen molar-refractivity contribution in [3.05, 3.63) is 83.4 Å². The third-order valence-electron chi connectivity index (χ3n) is 7.02. The summed E-state index contributed by atoms with van der Waals surface area (Å²) in [6.07, 6.45) is -1.83. The first-order valence-electron chi connectivity index (χ1n) is 11.6. The topological polar surface area (TPSA) is 55.8 Å². The molecule has 2 aliphatic heterocycles. The first-order chi connectivity index (χ1) is 16.7. The molecule has 3 aliphatic rings. The number of nitrogens with zero attached hydrogens (tertiary/aromatic N) is 1. The Kier molecular flexibility index (Phi) is 7.03. The summed E-state index contributed by atoms with van der Waals surface area (Å²) < 4.78 is 54.3. The van der Waals surface area contributed by atoms with Crippen LogP contribution < -0.4 is 0 Å². The second-order valence-electron chi connectivity index (χ2n) is 9.02. The molecule has 2 bridgehead atoms. The molecule has 0 aromatic heterocycles. The maximum absolute atomic E-state index is 14.6. The molecule has 2 aromatic rings. The maximum Gasteiger partial charge on any atom is 0.430 e. The SMILES string of the molecule is COC(C(=O)N1CC2CCC1C(COC(C)=O)=C[C@H]2c1ccccc1)(c1ccccc1)C(F)(F)F. The number of benzene rings is 2. The van der Waals surface area contributed by atoms with Gasteiger partial charge in [0.25, 0.3) is 11.5 Å². The van der Waals surface area contributed by atoms with Crippen LogP contribution in [0.25, 0.3) is 0 Å². The van der Waals surface area contributed by atoms with E-state index in [1.807, 2.05) is 36.4 Å². The molecule has 8 heteroatoms. The van der Waals surface area contributed by atoms with E-state index < -0.39 is 29.7 Å². The third kappa shape index (κ3) is 4.59. The number of hydrogen-bond acceptors (Lipinski definition) is 4. The van der Waals surface area contributed by atoms with E-state index in [4.69, 9.17) is 9.47 Å². The van der Waals surface area contributed by atoms with E-state index in [9.17, 15) is 22.8 Å². The number of piperidine rings is 1. The van der Waals surface area contributed by atoms with Gasteiger partial charge in [0.1, 0.15) is 6.61 Å². The average Bonchev–Trinajstić information content (AvgIpc) is 3.12. The Morgan fingerprint density at radius 2 is 1.63 bits per heavy atom. The average molecular weight is 488 g/mol. The predicted molar refractivity (Wildman–Crippen MR) is 123 cm³/mol. The Bertz CT molecular complexity index is 1090. The van der Waals surface area contributed by atoms with Crippen LogP contribution in [-0.4, -0.2) is 49.3 Å². The highest BCUT2D eigenvalue weighted by molar-refractivity contribution is 5.88. The molecular formula is C27H28F3NO4. The van der Waals surface area contributed by atoms with Gasteiger partial charge in [-0.25, -0.2) is 0 Å². The molecule has 3 unspecified atom stereocenters. The minimum absolute atomic E-state index is 0.0861. The number of alkyl halides is 3. The molecule has 1 amide bonds. The van der Waals surface area contributed by atoms with Gasteiger partial charge >= 0.3 is 12.1 Å². The zero-order valence-corrected chi connectivity index (χ0v) is 19.6. The summed E-state index contributed by atoms with van der Waals surface area (Å²) in [5, 5.41) is 0. The molecule has 0 N–H and O–H groups in total. The molecule has 1 saturated heterocycles. The minimum Gasteiger partial charge on any atom is -0.461 e. The van der Waals surface area contributed by atoms with Crippen LogP contribution in [0.3, 0.4) is 0 Å². The number of ether oxygens (including phenoxy) is 2. The molecule has 0 radical (unpaired) electrons. The van der Waals surface area contributed by atoms with E-state index in [2.05, 4.69) is 0 Å². The molecule has 5 nitrogen and oxygen atoms in total. The summed E-state index contributed by atoms with van der Waals surface area (Å²) in [7, 11) is 0.914. The Morgan fingerprint density at radius 1 is 1.00 bits per heavy atom. The zero-order chi connectivity index (χ0) is 25.2. The molecular weight excluding hydrogens is 459 g/mol. The van der Waals surface area contributed by atoms with Gasteiger partial charge in [-0.3, -0.25) is 9.59 Å². The van der Waals surface area contributed by atoms with Gasteiger partial charge < -0.3 is 14.4 Å². The van der Waals surface area contributed by atoms with E-state index in [1.54, 1.807) is 6.07 Å². The van der Waals surface area contributed by atoms with Crippen molar-refractivity contribution in [3.8, 4) is 0 Å². The maximum atomic E-state index is 14.6. The number of carbonyl (C=O) groups excluding carboxylic acids is 2. The van der Waals surface area contributed by atoms with E-state index in [0.717, 1.165) is 19.1 Å². The minimum atomic E-state index is -5.00. The number of halogens is 3. The number of carbonyl (C=O) groups is 2. The number of esters is 1. The van der Waals surface area contributed by atoms with Crippen LogP contribution in [0.15, 0.2) is 72.3 Å². The highest BCUT2D eigenvalue weighted by Gasteiger charge is 2.65. The lowest BCUT2D eigenvalue weighted by Crippen LogP contribution is -2.61. The quantitative estimate of drug-likeness (QED) is 0.426. The van der Waals surface area contributed by atoms with E-state index in [1.165, 1.54) is 36.1 Å². The van der Waals surface area contributed by atoms with Gasteiger partial charge in [0.2, 0.25) is 0 Å². The predicted octanol–water partition coefficient (Wildman–Crippen LogP) is 4.98. The molecule has 5 rings (SSSR count). The molecule has 0 saturated carbocycles. The molecule has 0 spiro atoms. The van der Waals surface area contributed by atoms with Crippen molar-refractivity contribution in [1.82, 2.24) is 4.90 Å². The van der Waals surface area contributed by atoms with Crippen LogP contribution in [-0.2, 0) is 24.7 Å². The summed E-state index contributed by atoms with van der Waals surface area (Å²) in [5.41, 5.74) is -1.79. The number of hydrogen-bond donors (Lipinski definition) is 0. The fourth-order valence-corrected chi connectivity index (χ4v) is 5.36. The van der Waals surface area contributed by atoms with Gasteiger partial charge in [-0.05, 0) is 29.9 Å².